The molecule has 0 spiro atoms. The summed E-state index contributed by atoms with van der Waals surface area (Å²) in [5, 5.41) is 0. The third kappa shape index (κ3) is 5.59. The number of methoxy groups -OCH3 is 1. The Kier molecular flexibility index (Phi) is 7.66. The number of hydrogen-bond acceptors (Lipinski definition) is 3. The average molecular weight is 330 g/mol. The van der Waals surface area contributed by atoms with Gasteiger partial charge in [-0.1, -0.05) is 45.4 Å². The minimum Gasteiger partial charge on any atom is -0.494 e. The molecule has 130 valence electrons. The fraction of sp³-hybridized carbons (Fsp3) is 0.500. The van der Waals surface area contributed by atoms with E-state index in [-0.39, 0.29) is 5.75 Å². The molecule has 0 radical (unpaired) electrons. The van der Waals surface area contributed by atoms with Crippen molar-refractivity contribution < 1.29 is 9.13 Å². The predicted molar refractivity (Wildman–Crippen MR) is 95.7 cm³/mol. The minimum atomic E-state index is -0.397. The number of benzene rings is 1. The van der Waals surface area contributed by atoms with E-state index in [1.165, 1.54) is 58.1 Å². The van der Waals surface area contributed by atoms with E-state index < -0.39 is 5.82 Å². The molecule has 3 nitrogen and oxygen atoms in total. The third-order valence-electron chi connectivity index (χ3n) is 4.18. The summed E-state index contributed by atoms with van der Waals surface area (Å²) in [6.45, 7) is 2.24. The van der Waals surface area contributed by atoms with Gasteiger partial charge in [0.15, 0.2) is 17.4 Å². The van der Waals surface area contributed by atoms with E-state index in [1.54, 1.807) is 12.1 Å². The van der Waals surface area contributed by atoms with Crippen LogP contribution in [0.1, 0.15) is 57.4 Å². The van der Waals surface area contributed by atoms with E-state index >= 15 is 0 Å². The summed E-state index contributed by atoms with van der Waals surface area (Å²) in [5.74, 6) is 0.375. The quantitative estimate of drug-likeness (QED) is 0.533. The number of halogens is 1. The second-order valence-electron chi connectivity index (χ2n) is 6.14. The largest absolute Gasteiger partial charge is 0.494 e. The van der Waals surface area contributed by atoms with Crippen molar-refractivity contribution in [3.63, 3.8) is 0 Å². The standard InChI is InChI=1S/C20H27FN2O/c1-3-4-5-6-7-8-9-10-16-14-22-20(23-15-16)17-11-12-19(24-2)18(21)13-17/h11-15H,3-10H2,1-2H3. The Bertz CT molecular complexity index is 614. The molecule has 1 aromatic heterocycles. The zero-order valence-corrected chi connectivity index (χ0v) is 14.7. The van der Waals surface area contributed by atoms with Crippen LogP contribution in [0.4, 0.5) is 4.39 Å². The Labute approximate surface area is 144 Å². The van der Waals surface area contributed by atoms with E-state index in [9.17, 15) is 4.39 Å². The summed E-state index contributed by atoms with van der Waals surface area (Å²) in [5.41, 5.74) is 1.80. The van der Waals surface area contributed by atoms with Crippen LogP contribution in [0.2, 0.25) is 0 Å². The van der Waals surface area contributed by atoms with Gasteiger partial charge in [0.1, 0.15) is 0 Å². The van der Waals surface area contributed by atoms with Crippen molar-refractivity contribution in [2.24, 2.45) is 0 Å². The molecule has 0 N–H and O–H groups in total. The van der Waals surface area contributed by atoms with Gasteiger partial charge in [0.2, 0.25) is 0 Å². The van der Waals surface area contributed by atoms with Crippen molar-refractivity contribution >= 4 is 0 Å². The van der Waals surface area contributed by atoms with E-state index in [4.69, 9.17) is 4.74 Å². The van der Waals surface area contributed by atoms with Crippen molar-refractivity contribution in [3.05, 3.63) is 42.0 Å². The molecule has 4 heteroatoms. The molecule has 0 atom stereocenters. The number of hydrogen-bond donors (Lipinski definition) is 0. The molecule has 0 bridgehead atoms. The van der Waals surface area contributed by atoms with Crippen molar-refractivity contribution in [2.75, 3.05) is 7.11 Å². The molecule has 2 aromatic rings. The first-order chi connectivity index (χ1) is 11.7. The van der Waals surface area contributed by atoms with E-state index in [1.807, 2.05) is 12.4 Å². The van der Waals surface area contributed by atoms with Gasteiger partial charge in [0.05, 0.1) is 7.11 Å². The van der Waals surface area contributed by atoms with Gasteiger partial charge in [0.25, 0.3) is 0 Å². The first kappa shape index (κ1) is 18.4. The van der Waals surface area contributed by atoms with Gasteiger partial charge in [-0.3, -0.25) is 0 Å². The van der Waals surface area contributed by atoms with Crippen LogP contribution in [-0.4, -0.2) is 17.1 Å². The topological polar surface area (TPSA) is 35.0 Å². The van der Waals surface area contributed by atoms with Crippen LogP contribution >= 0.6 is 0 Å². The first-order valence-corrected chi connectivity index (χ1v) is 8.89. The van der Waals surface area contributed by atoms with Crippen molar-refractivity contribution in [1.29, 1.82) is 0 Å². The molecular weight excluding hydrogens is 303 g/mol. The maximum Gasteiger partial charge on any atom is 0.165 e. The van der Waals surface area contributed by atoms with Crippen LogP contribution < -0.4 is 4.74 Å². The number of nitrogens with zero attached hydrogens (tertiary/aromatic N) is 2. The smallest absolute Gasteiger partial charge is 0.165 e. The van der Waals surface area contributed by atoms with Crippen LogP contribution in [0, 0.1) is 5.82 Å². The monoisotopic (exact) mass is 330 g/mol. The lowest BCUT2D eigenvalue weighted by atomic mass is 10.1. The molecule has 1 heterocycles. The molecule has 24 heavy (non-hydrogen) atoms. The molecule has 0 aliphatic carbocycles. The van der Waals surface area contributed by atoms with Crippen LogP contribution in [0.25, 0.3) is 11.4 Å². The second-order valence-corrected chi connectivity index (χ2v) is 6.14. The van der Waals surface area contributed by atoms with Crippen molar-refractivity contribution in [2.45, 2.75) is 58.3 Å². The average Bonchev–Trinajstić information content (AvgIpc) is 2.61. The lowest BCUT2D eigenvalue weighted by Gasteiger charge is -2.05. The maximum absolute atomic E-state index is 13.8. The van der Waals surface area contributed by atoms with Gasteiger partial charge in [0, 0.05) is 18.0 Å². The summed E-state index contributed by atoms with van der Waals surface area (Å²) >= 11 is 0. The molecule has 0 aliphatic heterocycles. The molecule has 2 rings (SSSR count). The molecule has 0 amide bonds. The van der Waals surface area contributed by atoms with Gasteiger partial charge < -0.3 is 4.74 Å². The predicted octanol–water partition coefficient (Wildman–Crippen LogP) is 5.58. The SMILES string of the molecule is CCCCCCCCCc1cnc(-c2ccc(OC)c(F)c2)nc1. The highest BCUT2D eigenvalue weighted by atomic mass is 19.1. The van der Waals surface area contributed by atoms with Crippen LogP contribution in [0.5, 0.6) is 5.75 Å². The number of aryl methyl sites for hydroxylation is 1. The molecule has 0 saturated carbocycles. The fourth-order valence-corrected chi connectivity index (χ4v) is 2.72. The highest BCUT2D eigenvalue weighted by Gasteiger charge is 2.07. The summed E-state index contributed by atoms with van der Waals surface area (Å²) in [4.78, 5) is 8.73. The van der Waals surface area contributed by atoms with Crippen LogP contribution in [-0.2, 0) is 6.42 Å². The summed E-state index contributed by atoms with van der Waals surface area (Å²) in [6, 6.07) is 4.78. The maximum atomic E-state index is 13.8. The Morgan fingerprint density at radius 1 is 0.958 bits per heavy atom. The molecule has 1 aromatic carbocycles. The van der Waals surface area contributed by atoms with E-state index in [0.29, 0.717) is 11.4 Å². The minimum absolute atomic E-state index is 0.231. The van der Waals surface area contributed by atoms with Gasteiger partial charge in [-0.25, -0.2) is 14.4 Å². The Morgan fingerprint density at radius 2 is 1.62 bits per heavy atom. The number of unbranched alkanes of at least 4 members (excludes halogenated alkanes) is 6. The van der Waals surface area contributed by atoms with Crippen molar-refractivity contribution in [1.82, 2.24) is 9.97 Å². The molecule has 0 saturated heterocycles. The fourth-order valence-electron chi connectivity index (χ4n) is 2.72. The van der Waals surface area contributed by atoms with Gasteiger partial charge in [-0.15, -0.1) is 0 Å². The molecule has 0 unspecified atom stereocenters. The van der Waals surface area contributed by atoms with Crippen molar-refractivity contribution in [3.8, 4) is 17.1 Å². The summed E-state index contributed by atoms with van der Waals surface area (Å²) in [7, 11) is 1.45. The van der Waals surface area contributed by atoms with Crippen LogP contribution in [0.15, 0.2) is 30.6 Å². The molecule has 0 aliphatic rings. The first-order valence-electron chi connectivity index (χ1n) is 8.89. The van der Waals surface area contributed by atoms with E-state index in [2.05, 4.69) is 16.9 Å². The number of aromatic nitrogens is 2. The molecular formula is C20H27FN2O. The lowest BCUT2D eigenvalue weighted by molar-refractivity contribution is 0.386. The zero-order chi connectivity index (χ0) is 17.2. The summed E-state index contributed by atoms with van der Waals surface area (Å²) < 4.78 is 18.7. The normalized spacial score (nSPS) is 10.8. The van der Waals surface area contributed by atoms with Crippen LogP contribution in [0.3, 0.4) is 0 Å². The lowest BCUT2D eigenvalue weighted by Crippen LogP contribution is -1.95. The number of rotatable bonds is 10. The van der Waals surface area contributed by atoms with Gasteiger partial charge in [-0.05, 0) is 36.6 Å². The highest BCUT2D eigenvalue weighted by molar-refractivity contribution is 5.56. The Hall–Kier alpha value is -1.97. The Balaban J connectivity index is 1.81. The summed E-state index contributed by atoms with van der Waals surface area (Å²) in [6.07, 6.45) is 13.8. The van der Waals surface area contributed by atoms with E-state index in [0.717, 1.165) is 12.0 Å². The van der Waals surface area contributed by atoms with Gasteiger partial charge >= 0.3 is 0 Å². The highest BCUT2D eigenvalue weighted by Crippen LogP contribution is 2.23. The Morgan fingerprint density at radius 3 is 2.25 bits per heavy atom. The van der Waals surface area contributed by atoms with Gasteiger partial charge in [-0.2, -0.15) is 0 Å². The molecule has 0 fully saturated rings. The second kappa shape index (κ2) is 10.0. The zero-order valence-electron chi connectivity index (χ0n) is 14.7. The third-order valence-corrected chi connectivity index (χ3v) is 4.18. The number of ether oxygens (including phenoxy) is 1.